The van der Waals surface area contributed by atoms with Crippen LogP contribution in [0.2, 0.25) is 0 Å². The third-order valence-corrected chi connectivity index (χ3v) is 1.56. The highest BCUT2D eigenvalue weighted by Gasteiger charge is 1.91. The first-order chi connectivity index (χ1) is 4.86. The van der Waals surface area contributed by atoms with Gasteiger partial charge in [0.05, 0.1) is 5.69 Å². The number of rotatable bonds is 0. The summed E-state index contributed by atoms with van der Waals surface area (Å²) in [6, 6.07) is 7.54. The van der Waals surface area contributed by atoms with Gasteiger partial charge in [0.15, 0.2) is 0 Å². The van der Waals surface area contributed by atoms with E-state index in [0.29, 0.717) is 5.69 Å². The number of fused-ring (bicyclic) bond motifs is 1. The molecule has 10 heavy (non-hydrogen) atoms. The lowest BCUT2D eigenvalue weighted by Crippen LogP contribution is -1.69. The van der Waals surface area contributed by atoms with E-state index < -0.39 is 0 Å². The fourth-order valence-electron chi connectivity index (χ4n) is 1.05. The predicted molar refractivity (Wildman–Crippen MR) is 41.1 cm³/mol. The number of aromatic nitrogens is 1. The largest absolute Gasteiger partial charge is 0.361 e. The summed E-state index contributed by atoms with van der Waals surface area (Å²) in [5, 5.41) is 1.16. The molecule has 0 aliphatic carbocycles. The molecule has 0 aliphatic rings. The predicted octanol–water partition coefficient (Wildman–Crippen LogP) is 2.08. The van der Waals surface area contributed by atoms with Crippen molar-refractivity contribution in [1.29, 1.82) is 0 Å². The Morgan fingerprint density at radius 2 is 2.10 bits per heavy atom. The van der Waals surface area contributed by atoms with Crippen LogP contribution in [0.1, 0.15) is 0 Å². The Morgan fingerprint density at radius 1 is 1.20 bits per heavy atom. The van der Waals surface area contributed by atoms with E-state index in [4.69, 9.17) is 5.73 Å². The molecule has 0 spiro atoms. The maximum atomic E-state index is 7.30. The van der Waals surface area contributed by atoms with Gasteiger partial charge < -0.3 is 10.7 Å². The van der Waals surface area contributed by atoms with Crippen LogP contribution in [0.3, 0.4) is 0 Å². The van der Waals surface area contributed by atoms with Gasteiger partial charge in [-0.1, -0.05) is 6.07 Å². The minimum absolute atomic E-state index is 0.551. The van der Waals surface area contributed by atoms with E-state index in [1.165, 1.54) is 0 Å². The average molecular weight is 131 g/mol. The molecule has 0 saturated carbocycles. The summed E-state index contributed by atoms with van der Waals surface area (Å²) in [7, 11) is 0. The smallest absolute Gasteiger partial charge is 0.0560 e. The Kier molecular flexibility index (Phi) is 0.947. The van der Waals surface area contributed by atoms with Gasteiger partial charge in [-0.05, 0) is 23.6 Å². The Balaban J connectivity index is 2.86. The number of hydrogen-bond donors (Lipinski definition) is 1. The molecule has 0 unspecified atom stereocenters. The van der Waals surface area contributed by atoms with Crippen LogP contribution in [0.4, 0.5) is 5.69 Å². The van der Waals surface area contributed by atoms with Crippen LogP contribution in [-0.4, -0.2) is 4.98 Å². The quantitative estimate of drug-likeness (QED) is 0.568. The van der Waals surface area contributed by atoms with Gasteiger partial charge in [0.25, 0.3) is 0 Å². The molecule has 1 heterocycles. The topological polar surface area (TPSA) is 39.6 Å². The minimum atomic E-state index is 0.551. The first-order valence-electron chi connectivity index (χ1n) is 3.15. The fraction of sp³-hybridized carbons (Fsp3) is 0. The molecule has 1 aromatic heterocycles. The maximum Gasteiger partial charge on any atom is 0.0560 e. The molecule has 2 aromatic rings. The molecule has 1 aromatic carbocycles. The second-order valence-corrected chi connectivity index (χ2v) is 2.28. The third-order valence-electron chi connectivity index (χ3n) is 1.56. The van der Waals surface area contributed by atoms with Crippen LogP contribution < -0.4 is 5.73 Å². The lowest BCUT2D eigenvalue weighted by atomic mass is 10.2. The molecule has 0 atom stereocenters. The molecule has 49 valence electrons. The van der Waals surface area contributed by atoms with E-state index in [2.05, 4.69) is 4.98 Å². The molecule has 0 aliphatic heterocycles. The zero-order chi connectivity index (χ0) is 6.97. The summed E-state index contributed by atoms with van der Waals surface area (Å²) in [5.41, 5.74) is 8.88. The Hall–Kier alpha value is -1.44. The van der Waals surface area contributed by atoms with Gasteiger partial charge in [0, 0.05) is 11.7 Å². The molecular weight excluding hydrogens is 124 g/mol. The van der Waals surface area contributed by atoms with Gasteiger partial charge in [-0.15, -0.1) is 0 Å². The monoisotopic (exact) mass is 131 g/mol. The van der Waals surface area contributed by atoms with E-state index in [1.807, 2.05) is 24.4 Å². The lowest BCUT2D eigenvalue weighted by molar-refractivity contribution is 1.45. The summed E-state index contributed by atoms with van der Waals surface area (Å²) in [6.45, 7) is 0. The van der Waals surface area contributed by atoms with Gasteiger partial charge in [-0.3, -0.25) is 0 Å². The number of benzene rings is 1. The Bertz CT molecular complexity index is 349. The summed E-state index contributed by atoms with van der Waals surface area (Å²) >= 11 is 0. The van der Waals surface area contributed by atoms with E-state index >= 15 is 0 Å². The van der Waals surface area contributed by atoms with Crippen molar-refractivity contribution in [2.24, 2.45) is 0 Å². The zero-order valence-electron chi connectivity index (χ0n) is 5.39. The standard InChI is InChI=1S/C8H7N2/c9-7-2-1-6-3-4-10-8(6)5-7/h1-5,9-10H. The van der Waals surface area contributed by atoms with Crippen molar-refractivity contribution in [3.63, 3.8) is 0 Å². The molecule has 0 amide bonds. The van der Waals surface area contributed by atoms with Crippen LogP contribution >= 0.6 is 0 Å². The number of H-pyrrole nitrogens is 1. The van der Waals surface area contributed by atoms with E-state index in [9.17, 15) is 0 Å². The highest BCUT2D eigenvalue weighted by Crippen LogP contribution is 2.15. The molecule has 0 fully saturated rings. The molecule has 0 bridgehead atoms. The molecule has 2 rings (SSSR count). The Labute approximate surface area is 58.7 Å². The molecule has 0 saturated heterocycles. The molecule has 1 radical (unpaired) electrons. The maximum absolute atomic E-state index is 7.30. The van der Waals surface area contributed by atoms with Crippen molar-refractivity contribution in [2.45, 2.75) is 0 Å². The van der Waals surface area contributed by atoms with Crippen molar-refractivity contribution >= 4 is 16.6 Å². The summed E-state index contributed by atoms with van der Waals surface area (Å²) < 4.78 is 0. The zero-order valence-corrected chi connectivity index (χ0v) is 5.39. The SMILES string of the molecule is [NH]c1ccc2cc[nH]c2c1. The Morgan fingerprint density at radius 3 is 3.00 bits per heavy atom. The normalized spacial score (nSPS) is 10.4. The summed E-state index contributed by atoms with van der Waals surface area (Å²) in [6.07, 6.45) is 1.88. The second-order valence-electron chi connectivity index (χ2n) is 2.28. The molecule has 2 heteroatoms. The van der Waals surface area contributed by atoms with Gasteiger partial charge in [-0.25, -0.2) is 0 Å². The first kappa shape index (κ1) is 5.35. The van der Waals surface area contributed by atoms with Crippen molar-refractivity contribution < 1.29 is 0 Å². The molecule has 2 nitrogen and oxygen atoms in total. The van der Waals surface area contributed by atoms with Crippen molar-refractivity contribution in [3.05, 3.63) is 30.5 Å². The number of nitrogens with one attached hydrogen (secondary N) is 2. The highest BCUT2D eigenvalue weighted by molar-refractivity contribution is 5.81. The van der Waals surface area contributed by atoms with Gasteiger partial charge in [0.2, 0.25) is 0 Å². The summed E-state index contributed by atoms with van der Waals surface area (Å²) in [4.78, 5) is 3.04. The summed E-state index contributed by atoms with van der Waals surface area (Å²) in [5.74, 6) is 0. The number of aromatic amines is 1. The van der Waals surface area contributed by atoms with Crippen LogP contribution in [0.25, 0.3) is 10.9 Å². The molecule has 2 N–H and O–H groups in total. The average Bonchev–Trinajstić information content (AvgIpc) is 2.33. The first-order valence-corrected chi connectivity index (χ1v) is 3.15. The van der Waals surface area contributed by atoms with Crippen LogP contribution in [0, 0.1) is 0 Å². The van der Waals surface area contributed by atoms with Gasteiger partial charge >= 0.3 is 0 Å². The van der Waals surface area contributed by atoms with E-state index in [-0.39, 0.29) is 0 Å². The minimum Gasteiger partial charge on any atom is -0.361 e. The van der Waals surface area contributed by atoms with Crippen LogP contribution in [-0.2, 0) is 0 Å². The third kappa shape index (κ3) is 0.658. The highest BCUT2D eigenvalue weighted by atomic mass is 14.7. The van der Waals surface area contributed by atoms with E-state index in [1.54, 1.807) is 6.07 Å². The van der Waals surface area contributed by atoms with Crippen LogP contribution in [0.15, 0.2) is 30.5 Å². The van der Waals surface area contributed by atoms with Crippen molar-refractivity contribution in [3.8, 4) is 0 Å². The van der Waals surface area contributed by atoms with Gasteiger partial charge in [0.1, 0.15) is 0 Å². The van der Waals surface area contributed by atoms with Crippen LogP contribution in [0.5, 0.6) is 0 Å². The van der Waals surface area contributed by atoms with Crippen molar-refractivity contribution in [2.75, 3.05) is 0 Å². The number of hydrogen-bond acceptors (Lipinski definition) is 0. The van der Waals surface area contributed by atoms with Gasteiger partial charge in [-0.2, -0.15) is 0 Å². The lowest BCUT2D eigenvalue weighted by Gasteiger charge is -1.89. The fourth-order valence-corrected chi connectivity index (χ4v) is 1.05. The second kappa shape index (κ2) is 1.77. The van der Waals surface area contributed by atoms with E-state index in [0.717, 1.165) is 10.9 Å². The van der Waals surface area contributed by atoms with Crippen molar-refractivity contribution in [1.82, 2.24) is 10.7 Å². The molecular formula is C8H7N2.